The first-order valence-electron chi connectivity index (χ1n) is 6.80. The Kier molecular flexibility index (Phi) is 6.31. The lowest BCUT2D eigenvalue weighted by Crippen LogP contribution is -2.42. The molecular formula is C13H23ClN4O. The zero-order valence-electron chi connectivity index (χ0n) is 11.6. The van der Waals surface area contributed by atoms with Gasteiger partial charge >= 0.3 is 0 Å². The summed E-state index contributed by atoms with van der Waals surface area (Å²) in [5, 5.41) is 7.50. The van der Waals surface area contributed by atoms with Crippen LogP contribution in [-0.4, -0.2) is 46.3 Å². The van der Waals surface area contributed by atoms with Gasteiger partial charge in [0.2, 0.25) is 0 Å². The highest BCUT2D eigenvalue weighted by Crippen LogP contribution is 2.13. The van der Waals surface area contributed by atoms with E-state index >= 15 is 0 Å². The quantitative estimate of drug-likeness (QED) is 0.893. The van der Waals surface area contributed by atoms with E-state index in [-0.39, 0.29) is 18.3 Å². The second-order valence-electron chi connectivity index (χ2n) is 4.73. The maximum atomic E-state index is 12.5. The Balaban J connectivity index is 0.00000180. The second-order valence-corrected chi connectivity index (χ2v) is 4.73. The van der Waals surface area contributed by atoms with Crippen LogP contribution < -0.4 is 5.32 Å². The van der Waals surface area contributed by atoms with Gasteiger partial charge in [-0.2, -0.15) is 5.10 Å². The van der Waals surface area contributed by atoms with E-state index in [2.05, 4.69) is 17.3 Å². The third-order valence-electron chi connectivity index (χ3n) is 3.40. The smallest absolute Gasteiger partial charge is 0.257 e. The zero-order valence-corrected chi connectivity index (χ0v) is 12.4. The lowest BCUT2D eigenvalue weighted by Gasteiger charge is -2.27. The Labute approximate surface area is 120 Å². The fourth-order valence-electron chi connectivity index (χ4n) is 2.41. The molecule has 1 aromatic heterocycles. The van der Waals surface area contributed by atoms with Crippen molar-refractivity contribution >= 4 is 18.3 Å². The van der Waals surface area contributed by atoms with Crippen LogP contribution in [0.5, 0.6) is 0 Å². The molecule has 1 N–H and O–H groups in total. The summed E-state index contributed by atoms with van der Waals surface area (Å²) < 4.78 is 1.80. The van der Waals surface area contributed by atoms with E-state index in [9.17, 15) is 4.79 Å². The Bertz CT molecular complexity index is 401. The SMILES string of the molecule is CCCN(C(=O)c1cnn(CC)c1)C1CCNC1.Cl. The molecule has 6 heteroatoms. The summed E-state index contributed by atoms with van der Waals surface area (Å²) in [6.45, 7) is 7.67. The van der Waals surface area contributed by atoms with Crippen LogP contribution in [0.4, 0.5) is 0 Å². The van der Waals surface area contributed by atoms with Crippen LogP contribution in [0.3, 0.4) is 0 Å². The van der Waals surface area contributed by atoms with E-state index in [0.717, 1.165) is 39.0 Å². The molecule has 2 heterocycles. The monoisotopic (exact) mass is 286 g/mol. The fourth-order valence-corrected chi connectivity index (χ4v) is 2.41. The molecule has 1 saturated heterocycles. The molecule has 0 aromatic carbocycles. The fraction of sp³-hybridized carbons (Fsp3) is 0.692. The molecule has 2 rings (SSSR count). The first-order chi connectivity index (χ1) is 8.76. The maximum Gasteiger partial charge on any atom is 0.257 e. The normalized spacial score (nSPS) is 18.1. The molecule has 1 aliphatic heterocycles. The third kappa shape index (κ3) is 3.70. The predicted molar refractivity (Wildman–Crippen MR) is 77.8 cm³/mol. The lowest BCUT2D eigenvalue weighted by molar-refractivity contribution is 0.0692. The van der Waals surface area contributed by atoms with Gasteiger partial charge in [-0.25, -0.2) is 0 Å². The topological polar surface area (TPSA) is 50.2 Å². The van der Waals surface area contributed by atoms with E-state index < -0.39 is 0 Å². The van der Waals surface area contributed by atoms with Gasteiger partial charge in [0.15, 0.2) is 0 Å². The first-order valence-corrected chi connectivity index (χ1v) is 6.80. The molecule has 1 atom stereocenters. The van der Waals surface area contributed by atoms with Crippen LogP contribution in [0.2, 0.25) is 0 Å². The summed E-state index contributed by atoms with van der Waals surface area (Å²) in [6, 6.07) is 0.336. The number of aromatic nitrogens is 2. The van der Waals surface area contributed by atoms with Crippen molar-refractivity contribution in [3.63, 3.8) is 0 Å². The van der Waals surface area contributed by atoms with Crippen molar-refractivity contribution in [3.8, 4) is 0 Å². The minimum Gasteiger partial charge on any atom is -0.334 e. The van der Waals surface area contributed by atoms with Crippen molar-refractivity contribution in [2.45, 2.75) is 39.3 Å². The number of halogens is 1. The summed E-state index contributed by atoms with van der Waals surface area (Å²) >= 11 is 0. The summed E-state index contributed by atoms with van der Waals surface area (Å²) in [6.07, 6.45) is 5.56. The Morgan fingerprint density at radius 1 is 1.58 bits per heavy atom. The van der Waals surface area contributed by atoms with Crippen LogP contribution in [0.15, 0.2) is 12.4 Å². The third-order valence-corrected chi connectivity index (χ3v) is 3.40. The molecule has 0 radical (unpaired) electrons. The van der Waals surface area contributed by atoms with Gasteiger partial charge < -0.3 is 10.2 Å². The Morgan fingerprint density at radius 2 is 2.37 bits per heavy atom. The van der Waals surface area contributed by atoms with Gasteiger partial charge in [-0.15, -0.1) is 12.4 Å². The van der Waals surface area contributed by atoms with Crippen LogP contribution in [0.1, 0.15) is 37.0 Å². The summed E-state index contributed by atoms with van der Waals surface area (Å²) in [7, 11) is 0. The Morgan fingerprint density at radius 3 is 2.89 bits per heavy atom. The zero-order chi connectivity index (χ0) is 13.0. The molecule has 108 valence electrons. The molecule has 1 aromatic rings. The minimum absolute atomic E-state index is 0. The average molecular weight is 287 g/mol. The number of carbonyl (C=O) groups excluding carboxylic acids is 1. The highest BCUT2D eigenvalue weighted by molar-refractivity contribution is 5.94. The molecule has 1 unspecified atom stereocenters. The first kappa shape index (κ1) is 16.0. The largest absolute Gasteiger partial charge is 0.334 e. The molecule has 0 saturated carbocycles. The predicted octanol–water partition coefficient (Wildman–Crippen LogP) is 1.54. The van der Waals surface area contributed by atoms with Gasteiger partial charge in [-0.1, -0.05) is 6.92 Å². The van der Waals surface area contributed by atoms with E-state index in [1.807, 2.05) is 18.0 Å². The van der Waals surface area contributed by atoms with Gasteiger partial charge in [0.1, 0.15) is 0 Å². The number of carbonyl (C=O) groups is 1. The van der Waals surface area contributed by atoms with Gasteiger partial charge in [0.25, 0.3) is 5.91 Å². The van der Waals surface area contributed by atoms with E-state index in [1.165, 1.54) is 0 Å². The number of rotatable bonds is 5. The Hall–Kier alpha value is -1.07. The molecule has 1 aliphatic rings. The molecule has 1 amide bonds. The van der Waals surface area contributed by atoms with Crippen LogP contribution in [-0.2, 0) is 6.54 Å². The second kappa shape index (κ2) is 7.50. The highest BCUT2D eigenvalue weighted by atomic mass is 35.5. The van der Waals surface area contributed by atoms with Crippen LogP contribution in [0.25, 0.3) is 0 Å². The van der Waals surface area contributed by atoms with Crippen molar-refractivity contribution in [1.82, 2.24) is 20.0 Å². The average Bonchev–Trinajstić information content (AvgIpc) is 3.05. The van der Waals surface area contributed by atoms with Gasteiger partial charge in [-0.3, -0.25) is 9.48 Å². The number of hydrogen-bond acceptors (Lipinski definition) is 3. The number of hydrogen-bond donors (Lipinski definition) is 1. The standard InChI is InChI=1S/C13H22N4O.ClH/c1-3-7-17(12-5-6-14-9-12)13(18)11-8-15-16(4-2)10-11;/h8,10,12,14H,3-7,9H2,1-2H3;1H. The summed E-state index contributed by atoms with van der Waals surface area (Å²) in [5.41, 5.74) is 0.706. The number of amides is 1. The van der Waals surface area contributed by atoms with Crippen molar-refractivity contribution in [2.75, 3.05) is 19.6 Å². The van der Waals surface area contributed by atoms with Gasteiger partial charge in [0.05, 0.1) is 11.8 Å². The molecule has 0 bridgehead atoms. The molecule has 0 spiro atoms. The number of nitrogens with one attached hydrogen (secondary N) is 1. The summed E-state index contributed by atoms with van der Waals surface area (Å²) in [4.78, 5) is 14.5. The highest BCUT2D eigenvalue weighted by Gasteiger charge is 2.27. The summed E-state index contributed by atoms with van der Waals surface area (Å²) in [5.74, 6) is 0.116. The maximum absolute atomic E-state index is 12.5. The van der Waals surface area contributed by atoms with Crippen molar-refractivity contribution in [2.24, 2.45) is 0 Å². The molecule has 19 heavy (non-hydrogen) atoms. The van der Waals surface area contributed by atoms with Gasteiger partial charge in [0, 0.05) is 31.9 Å². The van der Waals surface area contributed by atoms with E-state index in [0.29, 0.717) is 11.6 Å². The number of nitrogens with zero attached hydrogens (tertiary/aromatic N) is 3. The van der Waals surface area contributed by atoms with Crippen molar-refractivity contribution < 1.29 is 4.79 Å². The molecular weight excluding hydrogens is 264 g/mol. The van der Waals surface area contributed by atoms with Crippen molar-refractivity contribution in [1.29, 1.82) is 0 Å². The molecule has 5 nitrogen and oxygen atoms in total. The minimum atomic E-state index is 0. The lowest BCUT2D eigenvalue weighted by atomic mass is 10.2. The van der Waals surface area contributed by atoms with E-state index in [4.69, 9.17) is 0 Å². The molecule has 1 fully saturated rings. The van der Waals surface area contributed by atoms with E-state index in [1.54, 1.807) is 10.9 Å². The van der Waals surface area contributed by atoms with Crippen LogP contribution in [0, 0.1) is 0 Å². The van der Waals surface area contributed by atoms with Crippen molar-refractivity contribution in [3.05, 3.63) is 18.0 Å². The number of aryl methyl sites for hydroxylation is 1. The van der Waals surface area contributed by atoms with Crippen LogP contribution >= 0.6 is 12.4 Å². The molecule has 0 aliphatic carbocycles. The van der Waals surface area contributed by atoms with Gasteiger partial charge in [-0.05, 0) is 26.3 Å².